The maximum Gasteiger partial charge on any atom is 0.251 e. The van der Waals surface area contributed by atoms with Gasteiger partial charge in [-0.25, -0.2) is 0 Å². The molecular formula is C16H23N3O2. The van der Waals surface area contributed by atoms with E-state index in [0.29, 0.717) is 12.0 Å². The van der Waals surface area contributed by atoms with Gasteiger partial charge < -0.3 is 16.0 Å². The predicted molar refractivity (Wildman–Crippen MR) is 82.0 cm³/mol. The summed E-state index contributed by atoms with van der Waals surface area (Å²) in [6.07, 6.45) is 2.41. The minimum atomic E-state index is -0.186. The summed E-state index contributed by atoms with van der Waals surface area (Å²) in [5, 5.41) is 9.12. The molecule has 0 aromatic heterocycles. The van der Waals surface area contributed by atoms with Crippen LogP contribution in [0.5, 0.6) is 0 Å². The fourth-order valence-corrected chi connectivity index (χ4v) is 2.49. The molecule has 2 amide bonds. The number of hydrogen-bond acceptors (Lipinski definition) is 3. The van der Waals surface area contributed by atoms with Gasteiger partial charge in [-0.3, -0.25) is 9.59 Å². The molecule has 21 heavy (non-hydrogen) atoms. The minimum absolute atomic E-state index is 0.00967. The van der Waals surface area contributed by atoms with Gasteiger partial charge in [0.25, 0.3) is 5.91 Å². The van der Waals surface area contributed by atoms with Gasteiger partial charge in [0.2, 0.25) is 5.91 Å². The van der Waals surface area contributed by atoms with E-state index >= 15 is 0 Å². The topological polar surface area (TPSA) is 70.2 Å². The summed E-state index contributed by atoms with van der Waals surface area (Å²) in [7, 11) is 0. The molecule has 1 heterocycles. The second-order valence-electron chi connectivity index (χ2n) is 5.56. The van der Waals surface area contributed by atoms with Crippen molar-refractivity contribution in [1.82, 2.24) is 16.0 Å². The van der Waals surface area contributed by atoms with E-state index in [1.807, 2.05) is 25.1 Å². The first-order chi connectivity index (χ1) is 10.1. The Morgan fingerprint density at radius 2 is 2.10 bits per heavy atom. The van der Waals surface area contributed by atoms with E-state index in [4.69, 9.17) is 0 Å². The second-order valence-corrected chi connectivity index (χ2v) is 5.56. The van der Waals surface area contributed by atoms with Gasteiger partial charge in [0, 0.05) is 30.6 Å². The molecule has 1 fully saturated rings. The summed E-state index contributed by atoms with van der Waals surface area (Å²) in [5.41, 5.74) is 0.612. The van der Waals surface area contributed by atoms with E-state index in [0.717, 1.165) is 25.9 Å². The number of carbonyl (C=O) groups excluding carboxylic acids is 2. The fraction of sp³-hybridized carbons (Fsp3) is 0.500. The molecule has 1 unspecified atom stereocenters. The van der Waals surface area contributed by atoms with Crippen LogP contribution >= 0.6 is 0 Å². The highest BCUT2D eigenvalue weighted by Crippen LogP contribution is 2.03. The molecule has 0 spiro atoms. The maximum atomic E-state index is 12.0. The van der Waals surface area contributed by atoms with Crippen molar-refractivity contribution in [2.24, 2.45) is 0 Å². The number of benzene rings is 1. The van der Waals surface area contributed by atoms with Crippen molar-refractivity contribution in [2.75, 3.05) is 13.1 Å². The van der Waals surface area contributed by atoms with Crippen LogP contribution in [0.25, 0.3) is 0 Å². The molecule has 0 radical (unpaired) electrons. The Morgan fingerprint density at radius 1 is 1.33 bits per heavy atom. The van der Waals surface area contributed by atoms with Crippen molar-refractivity contribution in [3.05, 3.63) is 35.9 Å². The van der Waals surface area contributed by atoms with E-state index in [2.05, 4.69) is 16.0 Å². The summed E-state index contributed by atoms with van der Waals surface area (Å²) in [6.45, 7) is 3.70. The van der Waals surface area contributed by atoms with E-state index in [-0.39, 0.29) is 23.9 Å². The Labute approximate surface area is 125 Å². The van der Waals surface area contributed by atoms with E-state index < -0.39 is 0 Å². The van der Waals surface area contributed by atoms with Gasteiger partial charge in [0.15, 0.2) is 0 Å². The molecule has 5 nitrogen and oxygen atoms in total. The SMILES string of the molecule is CC(CC(=O)N[C@H]1CCCNC1)NC(=O)c1ccccc1. The highest BCUT2D eigenvalue weighted by molar-refractivity contribution is 5.94. The molecule has 114 valence electrons. The van der Waals surface area contributed by atoms with Crippen molar-refractivity contribution in [3.63, 3.8) is 0 Å². The monoisotopic (exact) mass is 289 g/mol. The Morgan fingerprint density at radius 3 is 2.76 bits per heavy atom. The van der Waals surface area contributed by atoms with E-state index in [1.165, 1.54) is 0 Å². The fourth-order valence-electron chi connectivity index (χ4n) is 2.49. The molecule has 1 saturated heterocycles. The Hall–Kier alpha value is -1.88. The third-order valence-corrected chi connectivity index (χ3v) is 3.57. The Kier molecular flexibility index (Phi) is 5.75. The standard InChI is InChI=1S/C16H23N3O2/c1-12(18-16(21)13-6-3-2-4-7-13)10-15(20)19-14-8-5-9-17-11-14/h2-4,6-7,12,14,17H,5,8-11H2,1H3,(H,18,21)(H,19,20)/t12?,14-/m0/s1. The van der Waals surface area contributed by atoms with Crippen molar-refractivity contribution in [1.29, 1.82) is 0 Å². The highest BCUT2D eigenvalue weighted by Gasteiger charge is 2.18. The molecule has 1 aliphatic rings. The molecule has 2 atom stereocenters. The number of rotatable bonds is 5. The number of carbonyl (C=O) groups is 2. The summed E-state index contributed by atoms with van der Waals surface area (Å²) < 4.78 is 0. The molecule has 1 aliphatic heterocycles. The van der Waals surface area contributed by atoms with Crippen LogP contribution in [0.2, 0.25) is 0 Å². The zero-order valence-electron chi connectivity index (χ0n) is 12.4. The van der Waals surface area contributed by atoms with Gasteiger partial charge in [0.1, 0.15) is 0 Å². The smallest absolute Gasteiger partial charge is 0.251 e. The predicted octanol–water partition coefficient (Wildman–Crippen LogP) is 1.06. The largest absolute Gasteiger partial charge is 0.352 e. The summed E-state index contributed by atoms with van der Waals surface area (Å²) in [5.74, 6) is -0.153. The quantitative estimate of drug-likeness (QED) is 0.759. The van der Waals surface area contributed by atoms with Crippen LogP contribution in [0, 0.1) is 0 Å². The molecular weight excluding hydrogens is 266 g/mol. The Bertz CT molecular complexity index is 470. The number of nitrogens with one attached hydrogen (secondary N) is 3. The first-order valence-electron chi connectivity index (χ1n) is 7.51. The van der Waals surface area contributed by atoms with Gasteiger partial charge in [-0.2, -0.15) is 0 Å². The molecule has 1 aromatic rings. The van der Waals surface area contributed by atoms with Gasteiger partial charge in [0.05, 0.1) is 0 Å². The lowest BCUT2D eigenvalue weighted by molar-refractivity contribution is -0.122. The normalized spacial score (nSPS) is 19.6. The van der Waals surface area contributed by atoms with Gasteiger partial charge in [-0.1, -0.05) is 18.2 Å². The summed E-state index contributed by atoms with van der Waals surface area (Å²) in [6, 6.07) is 9.06. The summed E-state index contributed by atoms with van der Waals surface area (Å²) in [4.78, 5) is 23.9. The van der Waals surface area contributed by atoms with Crippen molar-refractivity contribution in [2.45, 2.75) is 38.3 Å². The first-order valence-corrected chi connectivity index (χ1v) is 7.51. The van der Waals surface area contributed by atoms with Crippen LogP contribution in [0.4, 0.5) is 0 Å². The van der Waals surface area contributed by atoms with Crippen LogP contribution in [0.3, 0.4) is 0 Å². The van der Waals surface area contributed by atoms with Crippen LogP contribution in [0.15, 0.2) is 30.3 Å². The zero-order chi connectivity index (χ0) is 15.1. The van der Waals surface area contributed by atoms with Crippen LogP contribution in [-0.4, -0.2) is 37.0 Å². The molecule has 0 bridgehead atoms. The number of piperidine rings is 1. The first kappa shape index (κ1) is 15.5. The third-order valence-electron chi connectivity index (χ3n) is 3.57. The maximum absolute atomic E-state index is 12.0. The van der Waals surface area contributed by atoms with Crippen molar-refractivity contribution >= 4 is 11.8 Å². The molecule has 3 N–H and O–H groups in total. The van der Waals surface area contributed by atoms with E-state index in [9.17, 15) is 9.59 Å². The van der Waals surface area contributed by atoms with Crippen molar-refractivity contribution < 1.29 is 9.59 Å². The number of amides is 2. The minimum Gasteiger partial charge on any atom is -0.352 e. The van der Waals surface area contributed by atoms with Gasteiger partial charge >= 0.3 is 0 Å². The number of hydrogen-bond donors (Lipinski definition) is 3. The lowest BCUT2D eigenvalue weighted by atomic mass is 10.1. The van der Waals surface area contributed by atoms with Crippen LogP contribution in [0.1, 0.15) is 36.5 Å². The third kappa shape index (κ3) is 5.19. The van der Waals surface area contributed by atoms with Crippen LogP contribution in [-0.2, 0) is 4.79 Å². The Balaban J connectivity index is 1.74. The second kappa shape index (κ2) is 7.78. The van der Waals surface area contributed by atoms with Gasteiger partial charge in [-0.15, -0.1) is 0 Å². The van der Waals surface area contributed by atoms with E-state index in [1.54, 1.807) is 12.1 Å². The highest BCUT2D eigenvalue weighted by atomic mass is 16.2. The lowest BCUT2D eigenvalue weighted by Gasteiger charge is -2.24. The molecule has 0 aliphatic carbocycles. The van der Waals surface area contributed by atoms with Gasteiger partial charge in [-0.05, 0) is 38.4 Å². The molecule has 5 heteroatoms. The van der Waals surface area contributed by atoms with Crippen molar-refractivity contribution in [3.8, 4) is 0 Å². The molecule has 1 aromatic carbocycles. The average molecular weight is 289 g/mol. The average Bonchev–Trinajstić information content (AvgIpc) is 2.48. The zero-order valence-corrected chi connectivity index (χ0v) is 12.4. The molecule has 2 rings (SSSR count). The lowest BCUT2D eigenvalue weighted by Crippen LogP contribution is -2.47. The summed E-state index contributed by atoms with van der Waals surface area (Å²) >= 11 is 0. The molecule has 0 saturated carbocycles. The van der Waals surface area contributed by atoms with Crippen LogP contribution < -0.4 is 16.0 Å².